The highest BCUT2D eigenvalue weighted by molar-refractivity contribution is 6.35. The number of unbranched alkanes of at least 4 members (excludes halogenated alkanes) is 1. The number of aromatic nitrogens is 3. The number of benzene rings is 1. The first-order valence-electron chi connectivity index (χ1n) is 9.11. The van der Waals surface area contributed by atoms with E-state index in [0.717, 1.165) is 24.5 Å². The first kappa shape index (κ1) is 23.2. The maximum atomic E-state index is 12.7. The van der Waals surface area contributed by atoms with E-state index in [9.17, 15) is 8.78 Å². The van der Waals surface area contributed by atoms with Crippen LogP contribution in [-0.2, 0) is 20.1 Å². The Balaban J connectivity index is 2.18. The van der Waals surface area contributed by atoms with Gasteiger partial charge in [-0.2, -0.15) is 8.78 Å². The van der Waals surface area contributed by atoms with E-state index in [-0.39, 0.29) is 17.3 Å². The minimum atomic E-state index is -3.00. The smallest absolute Gasteiger partial charge is 0.387 e. The van der Waals surface area contributed by atoms with Crippen molar-refractivity contribution in [3.63, 3.8) is 0 Å². The molecular formula is C18H24Cl2F2N6O. The molecule has 0 aliphatic rings. The first-order chi connectivity index (χ1) is 13.8. The lowest BCUT2D eigenvalue weighted by atomic mass is 10.2. The molecule has 0 unspecified atom stereocenters. The van der Waals surface area contributed by atoms with Crippen molar-refractivity contribution in [3.05, 3.63) is 39.4 Å². The highest BCUT2D eigenvalue weighted by Gasteiger charge is 2.15. The summed E-state index contributed by atoms with van der Waals surface area (Å²) in [4.78, 5) is 4.46. The summed E-state index contributed by atoms with van der Waals surface area (Å²) in [6.45, 7) is 2.08. The minimum Gasteiger partial charge on any atom is -0.433 e. The highest BCUT2D eigenvalue weighted by Crippen LogP contribution is 2.34. The summed E-state index contributed by atoms with van der Waals surface area (Å²) >= 11 is 12.0. The van der Waals surface area contributed by atoms with Gasteiger partial charge in [0.15, 0.2) is 11.8 Å². The topological polar surface area (TPSA) is 76.4 Å². The summed E-state index contributed by atoms with van der Waals surface area (Å²) in [7, 11) is 1.87. The second-order valence-electron chi connectivity index (χ2n) is 6.28. The van der Waals surface area contributed by atoms with Crippen molar-refractivity contribution in [3.8, 4) is 5.75 Å². The molecule has 160 valence electrons. The van der Waals surface area contributed by atoms with E-state index in [4.69, 9.17) is 23.2 Å². The third-order valence-electron chi connectivity index (χ3n) is 4.12. The fourth-order valence-corrected chi connectivity index (χ4v) is 3.02. The van der Waals surface area contributed by atoms with Crippen LogP contribution in [-0.4, -0.2) is 33.9 Å². The fourth-order valence-electron chi connectivity index (χ4n) is 2.44. The summed E-state index contributed by atoms with van der Waals surface area (Å²) < 4.78 is 31.9. The Labute approximate surface area is 178 Å². The lowest BCUT2D eigenvalue weighted by Crippen LogP contribution is -2.38. The van der Waals surface area contributed by atoms with Crippen LogP contribution in [0.3, 0.4) is 0 Å². The molecule has 11 heteroatoms. The van der Waals surface area contributed by atoms with Gasteiger partial charge in [0.05, 0.1) is 18.1 Å². The van der Waals surface area contributed by atoms with E-state index in [0.29, 0.717) is 29.6 Å². The number of halogens is 4. The van der Waals surface area contributed by atoms with Crippen LogP contribution in [0, 0.1) is 6.92 Å². The standard InChI is InChI=1S/C18H24Cl2F2N6O/c1-4-5-6-23-18(25-10-15-27-26-11(2)28(15)3)24-9-12-7-13(19)8-14(20)16(12)29-17(21)22/h7-8,17H,4-6,9-10H2,1-3H3,(H2,23,24,25). The number of hydrogen-bond acceptors (Lipinski definition) is 4. The van der Waals surface area contributed by atoms with Gasteiger partial charge in [-0.1, -0.05) is 36.5 Å². The van der Waals surface area contributed by atoms with Crippen LogP contribution in [0.2, 0.25) is 10.0 Å². The zero-order valence-electron chi connectivity index (χ0n) is 16.5. The van der Waals surface area contributed by atoms with Crippen LogP contribution < -0.4 is 15.4 Å². The maximum absolute atomic E-state index is 12.7. The van der Waals surface area contributed by atoms with Gasteiger partial charge >= 0.3 is 6.61 Å². The molecule has 2 N–H and O–H groups in total. The molecule has 0 radical (unpaired) electrons. The van der Waals surface area contributed by atoms with Gasteiger partial charge in [0, 0.05) is 24.2 Å². The Kier molecular flexibility index (Phi) is 8.91. The zero-order valence-corrected chi connectivity index (χ0v) is 18.0. The Hall–Kier alpha value is -2.13. The average molecular weight is 449 g/mol. The molecule has 1 heterocycles. The van der Waals surface area contributed by atoms with Gasteiger partial charge in [-0.3, -0.25) is 0 Å². The van der Waals surface area contributed by atoms with Gasteiger partial charge < -0.3 is 19.9 Å². The number of nitrogens with one attached hydrogen (secondary N) is 2. The Morgan fingerprint density at radius 2 is 2.03 bits per heavy atom. The van der Waals surface area contributed by atoms with Crippen molar-refractivity contribution >= 4 is 29.2 Å². The molecule has 0 bridgehead atoms. The van der Waals surface area contributed by atoms with Crippen LogP contribution in [0.1, 0.15) is 37.0 Å². The summed E-state index contributed by atoms with van der Waals surface area (Å²) in [6, 6.07) is 2.85. The van der Waals surface area contributed by atoms with Gasteiger partial charge in [-0.15, -0.1) is 10.2 Å². The number of aliphatic imine (C=N–C) groups is 1. The van der Waals surface area contributed by atoms with E-state index in [1.807, 2.05) is 18.5 Å². The quantitative estimate of drug-likeness (QED) is 0.343. The monoisotopic (exact) mass is 448 g/mol. The van der Waals surface area contributed by atoms with Crippen LogP contribution in [0.25, 0.3) is 0 Å². The summed E-state index contributed by atoms with van der Waals surface area (Å²) in [5, 5.41) is 14.8. The molecule has 0 saturated carbocycles. The number of ether oxygens (including phenoxy) is 1. The predicted molar refractivity (Wildman–Crippen MR) is 110 cm³/mol. The predicted octanol–water partition coefficient (Wildman–Crippen LogP) is 4.07. The lowest BCUT2D eigenvalue weighted by Gasteiger charge is -2.14. The van der Waals surface area contributed by atoms with Crippen LogP contribution in [0.15, 0.2) is 17.1 Å². The molecule has 0 spiro atoms. The van der Waals surface area contributed by atoms with Crippen LogP contribution >= 0.6 is 23.2 Å². The summed E-state index contributed by atoms with van der Waals surface area (Å²) in [6.07, 6.45) is 1.96. The molecule has 0 aliphatic carbocycles. The molecule has 1 aromatic heterocycles. The average Bonchev–Trinajstić information content (AvgIpc) is 2.97. The van der Waals surface area contributed by atoms with E-state index >= 15 is 0 Å². The molecule has 1 aromatic carbocycles. The third kappa shape index (κ3) is 7.01. The summed E-state index contributed by atoms with van der Waals surface area (Å²) in [5.74, 6) is 1.89. The van der Waals surface area contributed by atoms with Gasteiger partial charge in [0.2, 0.25) is 0 Å². The molecule has 0 amide bonds. The lowest BCUT2D eigenvalue weighted by molar-refractivity contribution is -0.0503. The Bertz CT molecular complexity index is 844. The fraction of sp³-hybridized carbons (Fsp3) is 0.500. The zero-order chi connectivity index (χ0) is 21.4. The first-order valence-corrected chi connectivity index (χ1v) is 9.87. The van der Waals surface area contributed by atoms with Crippen molar-refractivity contribution in [2.45, 2.75) is 46.4 Å². The van der Waals surface area contributed by atoms with Gasteiger partial charge in [-0.05, 0) is 25.5 Å². The van der Waals surface area contributed by atoms with Crippen molar-refractivity contribution in [1.29, 1.82) is 0 Å². The van der Waals surface area contributed by atoms with Crippen molar-refractivity contribution in [1.82, 2.24) is 25.4 Å². The van der Waals surface area contributed by atoms with Crippen LogP contribution in [0.4, 0.5) is 8.78 Å². The largest absolute Gasteiger partial charge is 0.433 e. The number of guanidine groups is 1. The molecule has 0 aliphatic heterocycles. The molecule has 0 atom stereocenters. The van der Waals surface area contributed by atoms with Gasteiger partial charge in [0.1, 0.15) is 11.6 Å². The van der Waals surface area contributed by atoms with Gasteiger partial charge in [-0.25, -0.2) is 4.99 Å². The number of rotatable bonds is 9. The molecule has 0 fully saturated rings. The maximum Gasteiger partial charge on any atom is 0.387 e. The van der Waals surface area contributed by atoms with Crippen molar-refractivity contribution < 1.29 is 13.5 Å². The Morgan fingerprint density at radius 1 is 1.28 bits per heavy atom. The normalized spacial score (nSPS) is 11.8. The SMILES string of the molecule is CCCCNC(=NCc1cc(Cl)cc(Cl)c1OC(F)F)NCc1nnc(C)n1C. The third-order valence-corrected chi connectivity index (χ3v) is 4.62. The molecule has 2 aromatic rings. The highest BCUT2D eigenvalue weighted by atomic mass is 35.5. The van der Waals surface area contributed by atoms with E-state index in [2.05, 4.69) is 37.5 Å². The Morgan fingerprint density at radius 3 is 2.66 bits per heavy atom. The van der Waals surface area contributed by atoms with E-state index < -0.39 is 6.61 Å². The second-order valence-corrected chi connectivity index (χ2v) is 7.12. The number of nitrogens with zero attached hydrogens (tertiary/aromatic N) is 4. The number of aryl methyl sites for hydroxylation is 1. The molecule has 2 rings (SSSR count). The van der Waals surface area contributed by atoms with E-state index in [1.165, 1.54) is 12.1 Å². The van der Waals surface area contributed by atoms with Gasteiger partial charge in [0.25, 0.3) is 0 Å². The van der Waals surface area contributed by atoms with Crippen molar-refractivity contribution in [2.24, 2.45) is 12.0 Å². The summed E-state index contributed by atoms with van der Waals surface area (Å²) in [5.41, 5.74) is 0.355. The number of alkyl halides is 2. The molecular weight excluding hydrogens is 425 g/mol. The number of hydrogen-bond donors (Lipinski definition) is 2. The van der Waals surface area contributed by atoms with Crippen LogP contribution in [0.5, 0.6) is 5.75 Å². The van der Waals surface area contributed by atoms with E-state index in [1.54, 1.807) is 0 Å². The molecule has 29 heavy (non-hydrogen) atoms. The second kappa shape index (κ2) is 11.2. The molecule has 7 nitrogen and oxygen atoms in total. The van der Waals surface area contributed by atoms with Crippen molar-refractivity contribution in [2.75, 3.05) is 6.54 Å². The minimum absolute atomic E-state index is 0.00557. The molecule has 0 saturated heterocycles.